The molecule has 0 unspecified atom stereocenters. The highest BCUT2D eigenvalue weighted by atomic mass is 16.5. The molecular formula is C25H32N2O4. The molecule has 0 aliphatic carbocycles. The summed E-state index contributed by atoms with van der Waals surface area (Å²) in [5.74, 6) is 1.02. The van der Waals surface area contributed by atoms with Crippen molar-refractivity contribution in [2.24, 2.45) is 0 Å². The maximum Gasteiger partial charge on any atom is 0.224 e. The van der Waals surface area contributed by atoms with Gasteiger partial charge in [-0.05, 0) is 81.6 Å². The number of carbonyl (C=O) groups is 2. The van der Waals surface area contributed by atoms with E-state index >= 15 is 0 Å². The van der Waals surface area contributed by atoms with Crippen LogP contribution in [0.5, 0.6) is 11.5 Å². The summed E-state index contributed by atoms with van der Waals surface area (Å²) in [6, 6.07) is 13.2. The second-order valence-corrected chi connectivity index (χ2v) is 7.92. The van der Waals surface area contributed by atoms with Crippen LogP contribution in [-0.4, -0.2) is 49.9 Å². The molecular weight excluding hydrogens is 392 g/mol. The van der Waals surface area contributed by atoms with Gasteiger partial charge in [-0.25, -0.2) is 0 Å². The van der Waals surface area contributed by atoms with E-state index in [2.05, 4.69) is 22.3 Å². The lowest BCUT2D eigenvalue weighted by Gasteiger charge is -2.14. The van der Waals surface area contributed by atoms with Crippen LogP contribution in [0.25, 0.3) is 0 Å². The minimum absolute atomic E-state index is 0.0267. The molecule has 6 nitrogen and oxygen atoms in total. The monoisotopic (exact) mass is 424 g/mol. The lowest BCUT2D eigenvalue weighted by molar-refractivity contribution is -0.116. The van der Waals surface area contributed by atoms with Gasteiger partial charge in [0, 0.05) is 24.2 Å². The third-order valence-electron chi connectivity index (χ3n) is 5.53. The first-order valence-corrected chi connectivity index (χ1v) is 11.0. The van der Waals surface area contributed by atoms with Crippen LogP contribution in [-0.2, 0) is 11.2 Å². The number of benzene rings is 2. The maximum atomic E-state index is 12.2. The summed E-state index contributed by atoms with van der Waals surface area (Å²) < 4.78 is 11.0. The first-order chi connectivity index (χ1) is 15.0. The van der Waals surface area contributed by atoms with E-state index in [1.165, 1.54) is 45.5 Å². The van der Waals surface area contributed by atoms with E-state index in [4.69, 9.17) is 9.47 Å². The molecule has 2 aromatic rings. The Morgan fingerprint density at radius 3 is 2.45 bits per heavy atom. The van der Waals surface area contributed by atoms with Crippen LogP contribution >= 0.6 is 0 Å². The van der Waals surface area contributed by atoms with Crippen molar-refractivity contribution in [1.82, 2.24) is 4.90 Å². The quantitative estimate of drug-likeness (QED) is 0.429. The van der Waals surface area contributed by atoms with Gasteiger partial charge in [0.05, 0.1) is 13.7 Å². The van der Waals surface area contributed by atoms with E-state index in [-0.39, 0.29) is 11.7 Å². The van der Waals surface area contributed by atoms with E-state index in [0.29, 0.717) is 36.5 Å². The Morgan fingerprint density at radius 1 is 1.03 bits per heavy atom. The SMILES string of the molecule is COc1cc(C(C)=O)ccc1OCCCC(=O)Nc1ccc(CCN2CCCC2)cc1. The topological polar surface area (TPSA) is 67.9 Å². The minimum Gasteiger partial charge on any atom is -0.493 e. The number of hydrogen-bond acceptors (Lipinski definition) is 5. The van der Waals surface area contributed by atoms with Crippen LogP contribution in [0.2, 0.25) is 0 Å². The Balaban J connectivity index is 1.37. The Labute approximate surface area is 184 Å². The number of rotatable bonds is 11. The van der Waals surface area contributed by atoms with Gasteiger partial charge in [0.15, 0.2) is 17.3 Å². The molecule has 3 rings (SSSR count). The smallest absolute Gasteiger partial charge is 0.224 e. The summed E-state index contributed by atoms with van der Waals surface area (Å²) in [5.41, 5.74) is 2.69. The van der Waals surface area contributed by atoms with Crippen LogP contribution in [0, 0.1) is 0 Å². The molecule has 6 heteroatoms. The molecule has 1 aliphatic rings. The molecule has 1 saturated heterocycles. The number of carbonyl (C=O) groups excluding carboxylic acids is 2. The zero-order valence-corrected chi connectivity index (χ0v) is 18.5. The number of nitrogens with zero attached hydrogens (tertiary/aromatic N) is 1. The van der Waals surface area contributed by atoms with Gasteiger partial charge in [0.1, 0.15) is 0 Å². The molecule has 0 bridgehead atoms. The number of nitrogens with one attached hydrogen (secondary N) is 1. The summed E-state index contributed by atoms with van der Waals surface area (Å²) in [5, 5.41) is 2.94. The van der Waals surface area contributed by atoms with E-state index in [0.717, 1.165) is 18.7 Å². The summed E-state index contributed by atoms with van der Waals surface area (Å²) >= 11 is 0. The predicted octanol–water partition coefficient (Wildman–Crippen LogP) is 4.33. The largest absolute Gasteiger partial charge is 0.493 e. The van der Waals surface area contributed by atoms with Gasteiger partial charge in [-0.2, -0.15) is 0 Å². The average molecular weight is 425 g/mol. The van der Waals surface area contributed by atoms with Crippen molar-refractivity contribution < 1.29 is 19.1 Å². The minimum atomic E-state index is -0.0349. The lowest BCUT2D eigenvalue weighted by atomic mass is 10.1. The number of likely N-dealkylation sites (tertiary alicyclic amines) is 1. The Bertz CT molecular complexity index is 874. The van der Waals surface area contributed by atoms with Gasteiger partial charge >= 0.3 is 0 Å². The third kappa shape index (κ3) is 7.10. The molecule has 1 N–H and O–H groups in total. The molecule has 0 aromatic heterocycles. The Kier molecular flexibility index (Phi) is 8.47. The van der Waals surface area contributed by atoms with Crippen LogP contribution in [0.1, 0.15) is 48.5 Å². The molecule has 31 heavy (non-hydrogen) atoms. The fraction of sp³-hybridized carbons (Fsp3) is 0.440. The zero-order valence-electron chi connectivity index (χ0n) is 18.5. The van der Waals surface area contributed by atoms with Crippen LogP contribution in [0.15, 0.2) is 42.5 Å². The van der Waals surface area contributed by atoms with Gasteiger partial charge < -0.3 is 19.7 Å². The second kappa shape index (κ2) is 11.5. The third-order valence-corrected chi connectivity index (χ3v) is 5.53. The molecule has 1 aliphatic heterocycles. The number of hydrogen-bond donors (Lipinski definition) is 1. The molecule has 0 saturated carbocycles. The number of methoxy groups -OCH3 is 1. The van der Waals surface area contributed by atoms with Gasteiger partial charge in [0.25, 0.3) is 0 Å². The van der Waals surface area contributed by atoms with E-state index in [1.807, 2.05) is 12.1 Å². The van der Waals surface area contributed by atoms with Gasteiger partial charge in [-0.1, -0.05) is 12.1 Å². The van der Waals surface area contributed by atoms with Crippen molar-refractivity contribution in [2.45, 2.75) is 39.0 Å². The highest BCUT2D eigenvalue weighted by molar-refractivity contribution is 5.94. The first kappa shape index (κ1) is 22.8. The molecule has 1 amide bonds. The van der Waals surface area contributed by atoms with Crippen molar-refractivity contribution in [3.63, 3.8) is 0 Å². The van der Waals surface area contributed by atoms with Crippen LogP contribution < -0.4 is 14.8 Å². The first-order valence-electron chi connectivity index (χ1n) is 11.0. The molecule has 1 heterocycles. The summed E-state index contributed by atoms with van der Waals surface area (Å²) in [7, 11) is 1.54. The number of Topliss-reactive ketones (excluding diaryl/α,β-unsaturated/α-hetero) is 1. The summed E-state index contributed by atoms with van der Waals surface area (Å²) in [4.78, 5) is 26.2. The van der Waals surface area contributed by atoms with Crippen molar-refractivity contribution in [2.75, 3.05) is 38.7 Å². The summed E-state index contributed by atoms with van der Waals surface area (Å²) in [6.07, 6.45) is 4.62. The fourth-order valence-electron chi connectivity index (χ4n) is 3.69. The zero-order chi connectivity index (χ0) is 22.1. The number of amides is 1. The standard InChI is InChI=1S/C25H32N2O4/c1-19(28)21-9-12-23(24(18-21)30-2)31-17-5-6-25(29)26-22-10-7-20(8-11-22)13-16-27-14-3-4-15-27/h7-12,18H,3-6,13-17H2,1-2H3,(H,26,29). The molecule has 2 aromatic carbocycles. The summed E-state index contributed by atoms with van der Waals surface area (Å²) in [6.45, 7) is 5.44. The highest BCUT2D eigenvalue weighted by Gasteiger charge is 2.11. The molecule has 0 spiro atoms. The van der Waals surface area contributed by atoms with Crippen molar-refractivity contribution in [3.05, 3.63) is 53.6 Å². The van der Waals surface area contributed by atoms with Gasteiger partial charge in [-0.3, -0.25) is 9.59 Å². The van der Waals surface area contributed by atoms with Gasteiger partial charge in [-0.15, -0.1) is 0 Å². The number of ketones is 1. The van der Waals surface area contributed by atoms with Crippen molar-refractivity contribution in [1.29, 1.82) is 0 Å². The van der Waals surface area contributed by atoms with E-state index < -0.39 is 0 Å². The van der Waals surface area contributed by atoms with Crippen molar-refractivity contribution in [3.8, 4) is 11.5 Å². The highest BCUT2D eigenvalue weighted by Crippen LogP contribution is 2.28. The average Bonchev–Trinajstić information content (AvgIpc) is 3.30. The Morgan fingerprint density at radius 2 is 1.77 bits per heavy atom. The fourth-order valence-corrected chi connectivity index (χ4v) is 3.69. The number of ether oxygens (including phenoxy) is 2. The second-order valence-electron chi connectivity index (χ2n) is 7.92. The van der Waals surface area contributed by atoms with E-state index in [9.17, 15) is 9.59 Å². The molecule has 1 fully saturated rings. The Hall–Kier alpha value is -2.86. The van der Waals surface area contributed by atoms with Gasteiger partial charge in [0.2, 0.25) is 5.91 Å². The van der Waals surface area contributed by atoms with E-state index in [1.54, 1.807) is 18.2 Å². The van der Waals surface area contributed by atoms with Crippen LogP contribution in [0.3, 0.4) is 0 Å². The molecule has 0 atom stereocenters. The normalized spacial score (nSPS) is 13.7. The molecule has 0 radical (unpaired) electrons. The lowest BCUT2D eigenvalue weighted by Crippen LogP contribution is -2.21. The molecule has 166 valence electrons. The van der Waals surface area contributed by atoms with Crippen LogP contribution in [0.4, 0.5) is 5.69 Å². The maximum absolute atomic E-state index is 12.2. The number of anilines is 1. The van der Waals surface area contributed by atoms with Crippen molar-refractivity contribution >= 4 is 17.4 Å². The predicted molar refractivity (Wildman–Crippen MR) is 122 cm³/mol.